The molecule has 6 nitrogen and oxygen atoms in total. The van der Waals surface area contributed by atoms with Crippen molar-refractivity contribution >= 4 is 22.6 Å². The molecule has 1 atom stereocenters. The Balaban J connectivity index is 1.85. The van der Waals surface area contributed by atoms with E-state index in [4.69, 9.17) is 0 Å². The smallest absolute Gasteiger partial charge is 0.341 e. The van der Waals surface area contributed by atoms with E-state index in [1.165, 1.54) is 12.3 Å². The molecule has 2 aromatic rings. The normalized spacial score (nSPS) is 20.4. The van der Waals surface area contributed by atoms with E-state index < -0.39 is 17.2 Å². The molecule has 1 aromatic heterocycles. The number of nitrogens with zero attached hydrogens (tertiary/aromatic N) is 2. The number of fused-ring (bicyclic) bond motifs is 1. The Labute approximate surface area is 156 Å². The molecule has 1 aliphatic heterocycles. The highest BCUT2D eigenvalue weighted by Gasteiger charge is 2.29. The summed E-state index contributed by atoms with van der Waals surface area (Å²) < 4.78 is 16.8. The van der Waals surface area contributed by atoms with E-state index in [0.717, 1.165) is 19.4 Å². The fraction of sp³-hybridized carbons (Fsp3) is 0.500. The molecule has 0 bridgehead atoms. The van der Waals surface area contributed by atoms with E-state index in [9.17, 15) is 19.1 Å². The van der Waals surface area contributed by atoms with Crippen LogP contribution in [0.5, 0.6) is 0 Å². The zero-order valence-corrected chi connectivity index (χ0v) is 15.5. The topological polar surface area (TPSA) is 74.6 Å². The predicted molar refractivity (Wildman–Crippen MR) is 102 cm³/mol. The number of rotatable bonds is 4. The van der Waals surface area contributed by atoms with Gasteiger partial charge < -0.3 is 19.9 Å². The number of carbonyl (C=O) groups is 1. The van der Waals surface area contributed by atoms with Gasteiger partial charge in [0.1, 0.15) is 11.4 Å². The number of halogens is 1. The number of nitrogens with one attached hydrogen (secondary N) is 1. The maximum absolute atomic E-state index is 14.9. The first kappa shape index (κ1) is 18.0. The number of carboxylic acids is 1. The third-order valence-corrected chi connectivity index (χ3v) is 5.62. The number of carboxylic acid groups (broad SMARTS) is 1. The Kier molecular flexibility index (Phi) is 4.42. The molecule has 2 N–H and O–H groups in total. The summed E-state index contributed by atoms with van der Waals surface area (Å²) in [6, 6.07) is 3.38. The first-order valence-corrected chi connectivity index (χ1v) is 9.47. The fourth-order valence-corrected chi connectivity index (χ4v) is 3.85. The zero-order chi connectivity index (χ0) is 19.3. The van der Waals surface area contributed by atoms with Crippen molar-refractivity contribution in [3.8, 4) is 0 Å². The van der Waals surface area contributed by atoms with E-state index in [-0.39, 0.29) is 23.0 Å². The Morgan fingerprint density at radius 3 is 2.70 bits per heavy atom. The molecular formula is C20H24FN3O3. The molecule has 1 aromatic carbocycles. The summed E-state index contributed by atoms with van der Waals surface area (Å²) in [5, 5.41) is 12.9. The number of pyridine rings is 1. The average Bonchev–Trinajstić information content (AvgIpc) is 3.47. The van der Waals surface area contributed by atoms with Gasteiger partial charge in [0.05, 0.1) is 11.2 Å². The van der Waals surface area contributed by atoms with Crippen LogP contribution in [0.25, 0.3) is 10.9 Å². The number of hydrogen-bond acceptors (Lipinski definition) is 4. The third kappa shape index (κ3) is 3.20. The van der Waals surface area contributed by atoms with Crippen LogP contribution >= 0.6 is 0 Å². The van der Waals surface area contributed by atoms with Crippen molar-refractivity contribution < 1.29 is 14.3 Å². The molecule has 144 valence electrons. The molecule has 0 radical (unpaired) electrons. The molecule has 2 aliphatic rings. The van der Waals surface area contributed by atoms with Crippen LogP contribution in [-0.2, 0) is 0 Å². The monoisotopic (exact) mass is 373 g/mol. The zero-order valence-electron chi connectivity index (χ0n) is 15.5. The van der Waals surface area contributed by atoms with Crippen LogP contribution in [0.3, 0.4) is 0 Å². The number of hydrogen-bond donors (Lipinski definition) is 2. The van der Waals surface area contributed by atoms with Gasteiger partial charge in [-0.05, 0) is 30.9 Å². The molecule has 1 aliphatic carbocycles. The van der Waals surface area contributed by atoms with E-state index in [0.29, 0.717) is 30.2 Å². The van der Waals surface area contributed by atoms with Crippen LogP contribution in [-0.4, -0.2) is 41.3 Å². The molecule has 2 heterocycles. The van der Waals surface area contributed by atoms with Crippen LogP contribution in [0.2, 0.25) is 0 Å². The van der Waals surface area contributed by atoms with Crippen molar-refractivity contribution in [1.29, 1.82) is 0 Å². The van der Waals surface area contributed by atoms with Crippen LogP contribution in [0.15, 0.2) is 23.1 Å². The molecule has 1 saturated heterocycles. The van der Waals surface area contributed by atoms with Crippen molar-refractivity contribution in [3.63, 3.8) is 0 Å². The van der Waals surface area contributed by atoms with Gasteiger partial charge in [0.15, 0.2) is 0 Å². The van der Waals surface area contributed by atoms with Crippen molar-refractivity contribution in [2.45, 2.75) is 38.8 Å². The third-order valence-electron chi connectivity index (χ3n) is 5.62. The summed E-state index contributed by atoms with van der Waals surface area (Å²) in [4.78, 5) is 26.0. The fourth-order valence-electron chi connectivity index (χ4n) is 3.85. The molecule has 0 amide bonds. The minimum atomic E-state index is -1.28. The highest BCUT2D eigenvalue weighted by atomic mass is 19.1. The Morgan fingerprint density at radius 1 is 1.33 bits per heavy atom. The lowest BCUT2D eigenvalue weighted by molar-refractivity contribution is 0.0695. The molecular weight excluding hydrogens is 349 g/mol. The molecule has 1 saturated carbocycles. The number of benzene rings is 1. The highest BCUT2D eigenvalue weighted by molar-refractivity contribution is 5.93. The van der Waals surface area contributed by atoms with E-state index in [1.54, 1.807) is 6.07 Å². The SMILES string of the molecule is CC(C)C1CN(c2cc3c(cc2F)c(=O)c(C(=O)O)cn3C2CC2)CCN1. The predicted octanol–water partition coefficient (Wildman–Crippen LogP) is 2.61. The Morgan fingerprint density at radius 2 is 2.07 bits per heavy atom. The van der Waals surface area contributed by atoms with Crippen molar-refractivity contribution in [3.05, 3.63) is 39.9 Å². The minimum absolute atomic E-state index is 0.138. The van der Waals surface area contributed by atoms with Gasteiger partial charge in [-0.2, -0.15) is 0 Å². The largest absolute Gasteiger partial charge is 0.477 e. The van der Waals surface area contributed by atoms with Gasteiger partial charge in [0.2, 0.25) is 5.43 Å². The summed E-state index contributed by atoms with van der Waals surface area (Å²) in [5.74, 6) is -1.32. The second kappa shape index (κ2) is 6.64. The lowest BCUT2D eigenvalue weighted by atomic mass is 10.0. The number of aromatic carboxylic acids is 1. The van der Waals surface area contributed by atoms with Crippen LogP contribution in [0.1, 0.15) is 43.1 Å². The molecule has 27 heavy (non-hydrogen) atoms. The molecule has 0 spiro atoms. The van der Waals surface area contributed by atoms with Gasteiger partial charge in [-0.25, -0.2) is 9.18 Å². The standard InChI is InChI=1S/C20H24FN3O3/c1-11(2)16-10-23(6-5-22-16)18-8-17-13(7-15(18)21)19(25)14(20(26)27)9-24(17)12-3-4-12/h7-9,11-12,16,22H,3-6,10H2,1-2H3,(H,26,27). The maximum Gasteiger partial charge on any atom is 0.341 e. The van der Waals surface area contributed by atoms with Gasteiger partial charge >= 0.3 is 5.97 Å². The lowest BCUT2D eigenvalue weighted by Crippen LogP contribution is -2.53. The van der Waals surface area contributed by atoms with E-state index >= 15 is 0 Å². The van der Waals surface area contributed by atoms with Crippen molar-refractivity contribution in [2.24, 2.45) is 5.92 Å². The second-order valence-corrected chi connectivity index (χ2v) is 7.89. The second-order valence-electron chi connectivity index (χ2n) is 7.89. The first-order valence-electron chi connectivity index (χ1n) is 9.47. The van der Waals surface area contributed by atoms with E-state index in [2.05, 4.69) is 19.2 Å². The lowest BCUT2D eigenvalue weighted by Gasteiger charge is -2.37. The highest BCUT2D eigenvalue weighted by Crippen LogP contribution is 2.38. The van der Waals surface area contributed by atoms with Gasteiger partial charge in [0, 0.05) is 43.3 Å². The summed E-state index contributed by atoms with van der Waals surface area (Å²) in [5.41, 5.74) is 0.166. The Bertz CT molecular complexity index is 965. The summed E-state index contributed by atoms with van der Waals surface area (Å²) in [6.07, 6.45) is 3.29. The molecule has 2 fully saturated rings. The summed E-state index contributed by atoms with van der Waals surface area (Å²) >= 11 is 0. The molecule has 4 rings (SSSR count). The van der Waals surface area contributed by atoms with Gasteiger partial charge in [-0.15, -0.1) is 0 Å². The van der Waals surface area contributed by atoms with Crippen LogP contribution < -0.4 is 15.6 Å². The minimum Gasteiger partial charge on any atom is -0.477 e. The molecule has 1 unspecified atom stereocenters. The van der Waals surface area contributed by atoms with Crippen LogP contribution in [0, 0.1) is 11.7 Å². The van der Waals surface area contributed by atoms with Crippen molar-refractivity contribution in [2.75, 3.05) is 24.5 Å². The average molecular weight is 373 g/mol. The number of anilines is 1. The summed E-state index contributed by atoms with van der Waals surface area (Å²) in [7, 11) is 0. The first-order chi connectivity index (χ1) is 12.9. The van der Waals surface area contributed by atoms with E-state index in [1.807, 2.05) is 9.47 Å². The van der Waals surface area contributed by atoms with Crippen molar-refractivity contribution in [1.82, 2.24) is 9.88 Å². The van der Waals surface area contributed by atoms with Gasteiger partial charge in [0.25, 0.3) is 0 Å². The van der Waals surface area contributed by atoms with Gasteiger partial charge in [-0.1, -0.05) is 13.8 Å². The quantitative estimate of drug-likeness (QED) is 0.862. The number of piperazine rings is 1. The Hall–Kier alpha value is -2.41. The number of aromatic nitrogens is 1. The van der Waals surface area contributed by atoms with Gasteiger partial charge in [-0.3, -0.25) is 4.79 Å². The summed E-state index contributed by atoms with van der Waals surface area (Å²) in [6.45, 7) is 6.42. The maximum atomic E-state index is 14.9. The van der Waals surface area contributed by atoms with Crippen LogP contribution in [0.4, 0.5) is 10.1 Å². The molecule has 7 heteroatoms.